The third-order valence-corrected chi connectivity index (χ3v) is 2.15. The minimum absolute atomic E-state index is 0.00797. The molecule has 0 aliphatic carbocycles. The summed E-state index contributed by atoms with van der Waals surface area (Å²) in [6, 6.07) is 3.53. The van der Waals surface area contributed by atoms with Crippen LogP contribution in [0.3, 0.4) is 0 Å². The predicted molar refractivity (Wildman–Crippen MR) is 60.7 cm³/mol. The maximum atomic E-state index is 8.65. The molecule has 0 aliphatic heterocycles. The number of hydrogen-bond acceptors (Lipinski definition) is 3. The number of aliphatic hydroxyl groups excluding tert-OH is 1. The van der Waals surface area contributed by atoms with Gasteiger partial charge in [-0.25, -0.2) is 0 Å². The number of halogens is 1. The molecule has 0 amide bonds. The van der Waals surface area contributed by atoms with Crippen LogP contribution in [-0.4, -0.2) is 25.9 Å². The number of hydrogen-bond donors (Lipinski definition) is 1. The minimum Gasteiger partial charge on any atom is -0.493 e. The number of rotatable bonds is 4. The number of aliphatic hydroxyl groups is 1. The fourth-order valence-electron chi connectivity index (χ4n) is 1.22. The average molecular weight is 229 g/mol. The van der Waals surface area contributed by atoms with Gasteiger partial charge in [0.15, 0.2) is 11.5 Å². The highest BCUT2D eigenvalue weighted by molar-refractivity contribution is 6.32. The Bertz CT molecular complexity index is 361. The lowest BCUT2D eigenvalue weighted by molar-refractivity contribution is 0.343. The van der Waals surface area contributed by atoms with Crippen molar-refractivity contribution in [3.05, 3.63) is 28.8 Å². The molecule has 0 bridgehead atoms. The number of benzene rings is 1. The van der Waals surface area contributed by atoms with Gasteiger partial charge in [0.25, 0.3) is 0 Å². The van der Waals surface area contributed by atoms with Gasteiger partial charge in [0.1, 0.15) is 0 Å². The van der Waals surface area contributed by atoms with Crippen molar-refractivity contribution in [3.8, 4) is 11.5 Å². The summed E-state index contributed by atoms with van der Waals surface area (Å²) in [6.45, 7) is -0.00797. The molecule has 0 heterocycles. The Kier molecular flexibility index (Phi) is 4.46. The molecule has 0 aromatic heterocycles. The molecule has 0 saturated heterocycles. The van der Waals surface area contributed by atoms with Gasteiger partial charge in [0.05, 0.1) is 25.8 Å². The fraction of sp³-hybridized carbons (Fsp3) is 0.273. The van der Waals surface area contributed by atoms with E-state index in [1.54, 1.807) is 31.4 Å². The molecule has 4 heteroatoms. The van der Waals surface area contributed by atoms with Crippen LogP contribution in [0, 0.1) is 0 Å². The van der Waals surface area contributed by atoms with Crippen LogP contribution in [0.2, 0.25) is 5.02 Å². The van der Waals surface area contributed by atoms with E-state index in [-0.39, 0.29) is 6.61 Å². The summed E-state index contributed by atoms with van der Waals surface area (Å²) in [5.41, 5.74) is 0.853. The lowest BCUT2D eigenvalue weighted by atomic mass is 10.2. The summed E-state index contributed by atoms with van der Waals surface area (Å²) in [5.74, 6) is 1.09. The van der Waals surface area contributed by atoms with Crippen LogP contribution in [0.15, 0.2) is 18.2 Å². The van der Waals surface area contributed by atoms with Crippen LogP contribution in [0.5, 0.6) is 11.5 Å². The Balaban J connectivity index is 3.13. The summed E-state index contributed by atoms with van der Waals surface area (Å²) >= 11 is 5.99. The van der Waals surface area contributed by atoms with E-state index in [4.69, 9.17) is 26.2 Å². The third kappa shape index (κ3) is 2.88. The van der Waals surface area contributed by atoms with E-state index < -0.39 is 0 Å². The van der Waals surface area contributed by atoms with E-state index in [2.05, 4.69) is 0 Å². The number of ether oxygens (including phenoxy) is 2. The molecule has 0 fully saturated rings. The lowest BCUT2D eigenvalue weighted by Gasteiger charge is -2.10. The van der Waals surface area contributed by atoms with Gasteiger partial charge in [-0.05, 0) is 17.7 Å². The molecule has 0 atom stereocenters. The van der Waals surface area contributed by atoms with Gasteiger partial charge in [-0.2, -0.15) is 0 Å². The highest BCUT2D eigenvalue weighted by atomic mass is 35.5. The first-order chi connectivity index (χ1) is 7.22. The quantitative estimate of drug-likeness (QED) is 0.860. The van der Waals surface area contributed by atoms with Gasteiger partial charge in [-0.15, -0.1) is 0 Å². The van der Waals surface area contributed by atoms with Crippen molar-refractivity contribution >= 4 is 17.7 Å². The normalized spacial score (nSPS) is 10.7. The number of methoxy groups -OCH3 is 2. The van der Waals surface area contributed by atoms with Crippen molar-refractivity contribution in [2.24, 2.45) is 0 Å². The standard InChI is InChI=1S/C11H13ClO3/c1-14-10-7-8(4-3-5-13)6-9(12)11(10)15-2/h3-4,6-7,13H,5H2,1-2H3/b4-3+. The molecule has 0 saturated carbocycles. The first-order valence-corrected chi connectivity index (χ1v) is 4.79. The summed E-state index contributed by atoms with van der Waals surface area (Å²) in [7, 11) is 3.08. The maximum Gasteiger partial charge on any atom is 0.179 e. The molecule has 1 rings (SSSR count). The second-order valence-corrected chi connectivity index (χ2v) is 3.23. The van der Waals surface area contributed by atoms with Crippen LogP contribution < -0.4 is 9.47 Å². The predicted octanol–water partition coefficient (Wildman–Crippen LogP) is 2.36. The van der Waals surface area contributed by atoms with Gasteiger partial charge in [-0.1, -0.05) is 23.8 Å². The lowest BCUT2D eigenvalue weighted by Crippen LogP contribution is -1.92. The fourth-order valence-corrected chi connectivity index (χ4v) is 1.52. The summed E-state index contributed by atoms with van der Waals surface area (Å²) in [4.78, 5) is 0. The highest BCUT2D eigenvalue weighted by Crippen LogP contribution is 2.36. The topological polar surface area (TPSA) is 38.7 Å². The highest BCUT2D eigenvalue weighted by Gasteiger charge is 2.09. The largest absolute Gasteiger partial charge is 0.493 e. The van der Waals surface area contributed by atoms with Crippen LogP contribution in [0.1, 0.15) is 5.56 Å². The van der Waals surface area contributed by atoms with E-state index in [0.29, 0.717) is 16.5 Å². The zero-order valence-electron chi connectivity index (χ0n) is 8.66. The van der Waals surface area contributed by atoms with Crippen molar-refractivity contribution in [2.75, 3.05) is 20.8 Å². The van der Waals surface area contributed by atoms with E-state index in [1.807, 2.05) is 0 Å². The zero-order valence-corrected chi connectivity index (χ0v) is 9.41. The van der Waals surface area contributed by atoms with Crippen molar-refractivity contribution < 1.29 is 14.6 Å². The van der Waals surface area contributed by atoms with Crippen molar-refractivity contribution in [1.29, 1.82) is 0 Å². The van der Waals surface area contributed by atoms with E-state index in [9.17, 15) is 0 Å². The Morgan fingerprint density at radius 1 is 1.33 bits per heavy atom. The molecule has 1 aromatic rings. The van der Waals surface area contributed by atoms with Gasteiger partial charge in [-0.3, -0.25) is 0 Å². The second-order valence-electron chi connectivity index (χ2n) is 2.82. The first-order valence-electron chi connectivity index (χ1n) is 4.41. The molecule has 0 spiro atoms. The summed E-state index contributed by atoms with van der Waals surface area (Å²) in [6.07, 6.45) is 3.38. The zero-order chi connectivity index (χ0) is 11.3. The van der Waals surface area contributed by atoms with Crippen molar-refractivity contribution in [3.63, 3.8) is 0 Å². The molecule has 0 aliphatic rings. The smallest absolute Gasteiger partial charge is 0.179 e. The SMILES string of the molecule is COc1cc(/C=C/CO)cc(Cl)c1OC. The summed E-state index contributed by atoms with van der Waals surface area (Å²) in [5, 5.41) is 9.13. The first kappa shape index (κ1) is 11.9. The third-order valence-electron chi connectivity index (χ3n) is 1.87. The second kappa shape index (κ2) is 5.63. The van der Waals surface area contributed by atoms with Crippen LogP contribution in [0.25, 0.3) is 6.08 Å². The van der Waals surface area contributed by atoms with E-state index >= 15 is 0 Å². The Morgan fingerprint density at radius 2 is 2.07 bits per heavy atom. The molecular weight excluding hydrogens is 216 g/mol. The van der Waals surface area contributed by atoms with Crippen molar-refractivity contribution in [1.82, 2.24) is 0 Å². The van der Waals surface area contributed by atoms with E-state index in [0.717, 1.165) is 5.56 Å². The Labute approximate surface area is 93.9 Å². The summed E-state index contributed by atoms with van der Waals surface area (Å²) < 4.78 is 10.2. The molecule has 0 radical (unpaired) electrons. The van der Waals surface area contributed by atoms with Gasteiger partial charge in [0.2, 0.25) is 0 Å². The van der Waals surface area contributed by atoms with Crippen molar-refractivity contribution in [2.45, 2.75) is 0 Å². The molecular formula is C11H13ClO3. The maximum absolute atomic E-state index is 8.65. The Hall–Kier alpha value is -1.19. The molecule has 82 valence electrons. The van der Waals surface area contributed by atoms with Gasteiger partial charge < -0.3 is 14.6 Å². The molecule has 0 unspecified atom stereocenters. The molecule has 1 aromatic carbocycles. The minimum atomic E-state index is -0.00797. The van der Waals surface area contributed by atoms with Crippen LogP contribution in [0.4, 0.5) is 0 Å². The van der Waals surface area contributed by atoms with Gasteiger partial charge >= 0.3 is 0 Å². The monoisotopic (exact) mass is 228 g/mol. The molecule has 3 nitrogen and oxygen atoms in total. The molecule has 15 heavy (non-hydrogen) atoms. The van der Waals surface area contributed by atoms with Crippen LogP contribution in [-0.2, 0) is 0 Å². The van der Waals surface area contributed by atoms with Crippen LogP contribution >= 0.6 is 11.6 Å². The average Bonchev–Trinajstić information content (AvgIpc) is 2.25. The van der Waals surface area contributed by atoms with E-state index in [1.165, 1.54) is 7.11 Å². The van der Waals surface area contributed by atoms with Gasteiger partial charge in [0, 0.05) is 0 Å². The Morgan fingerprint density at radius 3 is 2.60 bits per heavy atom. The molecule has 1 N–H and O–H groups in total.